The number of hydrogen-bond acceptors (Lipinski definition) is 9. The average molecular weight is 342 g/mol. The van der Waals surface area contributed by atoms with Crippen molar-refractivity contribution in [3.8, 4) is 0 Å². The first-order valence-corrected chi connectivity index (χ1v) is 1.10. The summed E-state index contributed by atoms with van der Waals surface area (Å²) in [5.74, 6) is 0. The Morgan fingerprint density at radius 1 is 0.700 bits per heavy atom. The number of hydrogen-bond donors (Lipinski definition) is 0. The Hall–Kier alpha value is -0.878. The topological polar surface area (TPSA) is 157 Å². The third kappa shape index (κ3) is 346. The van der Waals surface area contributed by atoms with Gasteiger partial charge in [-0.3, -0.25) is 0 Å². The molecule has 0 unspecified atom stereocenters. The van der Waals surface area contributed by atoms with Crippen LogP contribution in [0.3, 0.4) is 0 Å². The van der Waals surface area contributed by atoms with E-state index in [2.05, 4.69) is 0 Å². The van der Waals surface area contributed by atoms with Crippen LogP contribution in [0.4, 0.5) is 0 Å². The molecule has 0 aliphatic carbocycles. The molecule has 0 saturated carbocycles. The van der Waals surface area contributed by atoms with E-state index in [1.165, 1.54) is 0 Å². The average Bonchev–Trinajstić information content (AvgIpc) is 1.70. The summed E-state index contributed by atoms with van der Waals surface area (Å²) in [5, 5.41) is 27.0. The van der Waals surface area contributed by atoms with Crippen LogP contribution in [-0.4, -0.2) is 27.3 Å². The van der Waals surface area contributed by atoms with Crippen LogP contribution >= 0.6 is 0 Å². The van der Waals surface area contributed by atoms with Gasteiger partial charge in [0.15, 0.2) is 0 Å². The van der Waals surface area contributed by atoms with Crippen molar-refractivity contribution < 1.29 is 0 Å². The Morgan fingerprint density at radius 2 is 0.700 bits per heavy atom. The van der Waals surface area contributed by atoms with E-state index in [0.717, 1.165) is 16.0 Å². The van der Waals surface area contributed by atoms with Crippen molar-refractivity contribution in [3.05, 3.63) is 30.3 Å². The van der Waals surface area contributed by atoms with Gasteiger partial charge in [0, 0.05) is 0 Å². The summed E-state index contributed by atoms with van der Waals surface area (Å²) in [6.07, 6.45) is 0. The van der Waals surface area contributed by atoms with Crippen molar-refractivity contribution in [1.29, 1.82) is 0 Å². The zero-order chi connectivity index (χ0) is 8.12. The Morgan fingerprint density at radius 3 is 0.700 bits per heavy atom. The molecule has 0 spiro atoms. The van der Waals surface area contributed by atoms with Gasteiger partial charge in [-0.1, -0.05) is 0 Å². The second-order valence-electron chi connectivity index (χ2n) is 0.224. The van der Waals surface area contributed by atoms with Gasteiger partial charge in [0.25, 0.3) is 0 Å². The molecule has 10 heteroatoms. The van der Waals surface area contributed by atoms with E-state index in [9.17, 15) is 0 Å². The molecule has 0 radical (unpaired) electrons. The molecule has 0 N–H and O–H groups in total. The first-order valence-electron chi connectivity index (χ1n) is 1.10. The van der Waals surface area contributed by atoms with E-state index in [4.69, 9.17) is 30.3 Å². The Bertz CT molecular complexity index is 49.7. The fourth-order valence-corrected chi connectivity index (χ4v) is 0. The predicted molar refractivity (Wildman–Crippen MR) is 33.2 cm³/mol. The molecule has 0 aliphatic heterocycles. The van der Waals surface area contributed by atoms with Crippen molar-refractivity contribution >= 4 is 27.3 Å². The van der Waals surface area contributed by atoms with Crippen LogP contribution in [0.1, 0.15) is 0 Å². The Labute approximate surface area is 74.0 Å². The molecule has 10 heavy (non-hydrogen) atoms. The van der Waals surface area contributed by atoms with Crippen molar-refractivity contribution in [3.63, 3.8) is 0 Å². The first-order chi connectivity index (χ1) is 4.24. The van der Waals surface area contributed by atoms with Gasteiger partial charge in [-0.2, -0.15) is 0 Å². The van der Waals surface area contributed by atoms with Crippen molar-refractivity contribution in [2.24, 2.45) is 16.0 Å². The molecule has 0 aromatic rings. The number of rotatable bonds is 0. The summed E-state index contributed by atoms with van der Waals surface area (Å²) in [4.78, 5) is 24.0. The van der Waals surface area contributed by atoms with Gasteiger partial charge in [-0.15, -0.1) is 16.0 Å². The van der Waals surface area contributed by atoms with Crippen LogP contribution < -0.4 is 0 Å². The largest absolute Gasteiger partial charge is 3.00 e. The third-order valence-electron chi connectivity index (χ3n) is 0. The quantitative estimate of drug-likeness (QED) is 0.351. The molecule has 0 saturated heterocycles. The van der Waals surface area contributed by atoms with E-state index in [0.29, 0.717) is 0 Å². The second-order valence-corrected chi connectivity index (χ2v) is 0.224. The minimum absolute atomic E-state index is 0. The zero-order valence-corrected chi connectivity index (χ0v) is 8.86. The maximum atomic E-state index is 8.00. The van der Waals surface area contributed by atoms with Crippen LogP contribution in [0.25, 0.3) is 0 Å². The maximum Gasteiger partial charge on any atom is 3.00 e. The van der Waals surface area contributed by atoms with Gasteiger partial charge in [-0.05, 0) is 0 Å². The maximum absolute atomic E-state index is 8.00. The molecule has 9 nitrogen and oxygen atoms in total. The summed E-state index contributed by atoms with van der Waals surface area (Å²) in [6.45, 7) is 0. The van der Waals surface area contributed by atoms with Crippen LogP contribution in [0.5, 0.6) is 0 Å². The number of nitrogens with zero attached hydrogens (tertiary/aromatic N) is 3. The Kier molecular flexibility index (Phi) is 210. The Balaban J connectivity index is -0.0000000257. The predicted octanol–water partition coefficient (Wildman–Crippen LogP) is 0.371. The van der Waals surface area contributed by atoms with Crippen LogP contribution in [0, 0.1) is 30.3 Å². The zero-order valence-electron chi connectivity index (χ0n) is 4.37. The summed E-state index contributed by atoms with van der Waals surface area (Å²) in [6, 6.07) is 0. The van der Waals surface area contributed by atoms with Gasteiger partial charge in [0.05, 0.1) is 0 Å². The molecule has 0 amide bonds. The molecule has 0 aromatic heterocycles. The van der Waals surface area contributed by atoms with E-state index >= 15 is 0 Å². The third-order valence-corrected chi connectivity index (χ3v) is 0. The molecule has 0 aromatic carbocycles. The summed E-state index contributed by atoms with van der Waals surface area (Å²) < 4.78 is 0. The molecule has 0 heterocycles. The SMILES string of the molecule is O=N[O-].O=N[O-].O=N[O-].[Tl+3]. The fourth-order valence-electron chi connectivity index (χ4n) is 0. The van der Waals surface area contributed by atoms with E-state index < -0.39 is 0 Å². The van der Waals surface area contributed by atoms with Crippen LogP contribution in [0.15, 0.2) is 16.0 Å². The fraction of sp³-hybridized carbons (Fsp3) is 0. The van der Waals surface area contributed by atoms with Crippen LogP contribution in [0.2, 0.25) is 0 Å². The van der Waals surface area contributed by atoms with E-state index in [-0.39, 0.29) is 27.3 Å². The molecular weight excluding hydrogens is 342 g/mol. The molecule has 0 atom stereocenters. The molecule has 0 rings (SSSR count). The van der Waals surface area contributed by atoms with Crippen molar-refractivity contribution in [2.75, 3.05) is 0 Å². The standard InChI is InChI=1S/3HNO2.Tl/c3*2-1-3;/h3*(H,2,3);/q;;;+3/p-3. The van der Waals surface area contributed by atoms with Crippen molar-refractivity contribution in [2.45, 2.75) is 0 Å². The normalized spacial score (nSPS) is 3.60. The minimum atomic E-state index is 0. The smallest absolute Gasteiger partial charge is 0.444 e. The monoisotopic (exact) mass is 343 g/mol. The molecule has 0 bridgehead atoms. The molecular formula is N3O6Tl. The van der Waals surface area contributed by atoms with Gasteiger partial charge >= 0.3 is 27.3 Å². The molecule has 0 aliphatic rings. The summed E-state index contributed by atoms with van der Waals surface area (Å²) >= 11 is 0. The second kappa shape index (κ2) is 91.5. The van der Waals surface area contributed by atoms with Crippen LogP contribution in [-0.2, 0) is 0 Å². The van der Waals surface area contributed by atoms with E-state index in [1.807, 2.05) is 0 Å². The van der Waals surface area contributed by atoms with Crippen molar-refractivity contribution in [1.82, 2.24) is 0 Å². The molecule has 54 valence electrons. The van der Waals surface area contributed by atoms with Gasteiger partial charge < -0.3 is 30.3 Å². The van der Waals surface area contributed by atoms with Gasteiger partial charge in [-0.25, -0.2) is 0 Å². The van der Waals surface area contributed by atoms with Gasteiger partial charge in [0.1, 0.15) is 0 Å². The summed E-state index contributed by atoms with van der Waals surface area (Å²) in [5.41, 5.74) is 0. The van der Waals surface area contributed by atoms with Gasteiger partial charge in [0.2, 0.25) is 0 Å². The molecule has 0 fully saturated rings. The first kappa shape index (κ1) is 22.9. The van der Waals surface area contributed by atoms with E-state index in [1.54, 1.807) is 0 Å². The summed E-state index contributed by atoms with van der Waals surface area (Å²) in [7, 11) is 0. The minimum Gasteiger partial charge on any atom is -0.444 e.